The van der Waals surface area contributed by atoms with E-state index in [-0.39, 0.29) is 18.2 Å². The lowest BCUT2D eigenvalue weighted by Crippen LogP contribution is -2.13. The number of nitrogens with zero attached hydrogens (tertiary/aromatic N) is 2. The summed E-state index contributed by atoms with van der Waals surface area (Å²) < 4.78 is 17.2. The molecule has 38 heavy (non-hydrogen) atoms. The van der Waals surface area contributed by atoms with Crippen molar-refractivity contribution in [1.29, 1.82) is 0 Å². The molecule has 1 aliphatic heterocycles. The summed E-state index contributed by atoms with van der Waals surface area (Å²) in [4.78, 5) is 9.48. The molecule has 1 N–H and O–H groups in total. The molecule has 6 heteroatoms. The van der Waals surface area contributed by atoms with Crippen LogP contribution in [0.3, 0.4) is 0 Å². The highest BCUT2D eigenvalue weighted by Crippen LogP contribution is 2.34. The van der Waals surface area contributed by atoms with Crippen molar-refractivity contribution in [2.24, 2.45) is 0 Å². The lowest BCUT2D eigenvalue weighted by atomic mass is 9.99. The van der Waals surface area contributed by atoms with Crippen LogP contribution in [0.1, 0.15) is 56.5 Å². The predicted molar refractivity (Wildman–Crippen MR) is 148 cm³/mol. The summed E-state index contributed by atoms with van der Waals surface area (Å²) >= 11 is 0. The fourth-order valence-corrected chi connectivity index (χ4v) is 4.43. The van der Waals surface area contributed by atoms with Crippen LogP contribution >= 0.6 is 0 Å². The molecule has 0 saturated heterocycles. The first-order valence-corrected chi connectivity index (χ1v) is 12.7. The van der Waals surface area contributed by atoms with E-state index < -0.39 is 6.10 Å². The van der Waals surface area contributed by atoms with Crippen molar-refractivity contribution in [1.82, 2.24) is 9.97 Å². The number of allylic oxidation sites excluding steroid dienone is 4. The molecular formula is C32H30N2O4. The van der Waals surface area contributed by atoms with Gasteiger partial charge in [0.05, 0.1) is 11.2 Å². The molecule has 0 radical (unpaired) electrons. The number of terminal acetylenes is 1. The van der Waals surface area contributed by atoms with Gasteiger partial charge in [-0.3, -0.25) is 0 Å². The van der Waals surface area contributed by atoms with Gasteiger partial charge in [0.1, 0.15) is 30.6 Å². The van der Waals surface area contributed by atoms with Gasteiger partial charge in [0.15, 0.2) is 17.7 Å². The molecule has 1 aliphatic carbocycles. The van der Waals surface area contributed by atoms with E-state index >= 15 is 0 Å². The highest BCUT2D eigenvalue weighted by Gasteiger charge is 2.25. The maximum atomic E-state index is 11.3. The number of aromatic nitrogens is 2. The molecule has 3 aromatic rings. The van der Waals surface area contributed by atoms with E-state index in [0.29, 0.717) is 35.1 Å². The van der Waals surface area contributed by atoms with Crippen molar-refractivity contribution >= 4 is 10.9 Å². The Morgan fingerprint density at radius 3 is 2.68 bits per heavy atom. The van der Waals surface area contributed by atoms with E-state index in [0.717, 1.165) is 23.8 Å². The van der Waals surface area contributed by atoms with Gasteiger partial charge in [-0.05, 0) is 42.5 Å². The number of hydrogen-bond donors (Lipinski definition) is 1. The van der Waals surface area contributed by atoms with Crippen LogP contribution in [0.4, 0.5) is 0 Å². The van der Waals surface area contributed by atoms with Crippen LogP contribution in [0.25, 0.3) is 22.2 Å². The van der Waals surface area contributed by atoms with Gasteiger partial charge in [-0.25, -0.2) is 9.97 Å². The summed E-state index contributed by atoms with van der Waals surface area (Å²) in [7, 11) is 0. The van der Waals surface area contributed by atoms with E-state index in [1.807, 2.05) is 24.3 Å². The van der Waals surface area contributed by atoms with E-state index in [1.165, 1.54) is 17.4 Å². The lowest BCUT2D eigenvalue weighted by Gasteiger charge is -2.21. The molecule has 2 heterocycles. The first kappa shape index (κ1) is 25.3. The second-order valence-electron chi connectivity index (χ2n) is 9.59. The number of rotatable bonds is 8. The zero-order chi connectivity index (χ0) is 26.5. The minimum Gasteiger partial charge on any atom is -0.481 e. The lowest BCUT2D eigenvalue weighted by molar-refractivity contribution is 0.102. The summed E-state index contributed by atoms with van der Waals surface area (Å²) in [6.07, 6.45) is 16.0. The van der Waals surface area contributed by atoms with Crippen molar-refractivity contribution in [3.05, 3.63) is 102 Å². The van der Waals surface area contributed by atoms with Crippen LogP contribution in [0, 0.1) is 12.3 Å². The Hall–Kier alpha value is -4.34. The van der Waals surface area contributed by atoms with Crippen molar-refractivity contribution in [3.8, 4) is 29.4 Å². The monoisotopic (exact) mass is 506 g/mol. The third-order valence-electron chi connectivity index (χ3n) is 6.51. The summed E-state index contributed by atoms with van der Waals surface area (Å²) in [5, 5.41) is 12.1. The third kappa shape index (κ3) is 5.64. The molecule has 5 rings (SSSR count). The Morgan fingerprint density at radius 1 is 1.11 bits per heavy atom. The Balaban J connectivity index is 1.49. The Kier molecular flexibility index (Phi) is 7.57. The molecule has 0 spiro atoms. The molecule has 0 amide bonds. The molecular weight excluding hydrogens is 476 g/mol. The molecule has 1 aromatic heterocycles. The topological polar surface area (TPSA) is 73.7 Å². The van der Waals surface area contributed by atoms with Crippen molar-refractivity contribution in [2.45, 2.75) is 45.1 Å². The molecule has 192 valence electrons. The van der Waals surface area contributed by atoms with E-state index in [4.69, 9.17) is 25.6 Å². The summed E-state index contributed by atoms with van der Waals surface area (Å²) in [5.41, 5.74) is 4.72. The van der Waals surface area contributed by atoms with E-state index in [2.05, 4.69) is 55.1 Å². The maximum Gasteiger partial charge on any atom is 0.175 e. The normalized spacial score (nSPS) is 15.6. The van der Waals surface area contributed by atoms with Crippen molar-refractivity contribution < 1.29 is 19.3 Å². The molecule has 0 saturated carbocycles. The van der Waals surface area contributed by atoms with Crippen molar-refractivity contribution in [2.75, 3.05) is 6.61 Å². The van der Waals surface area contributed by atoms with Gasteiger partial charge in [-0.15, -0.1) is 6.42 Å². The molecule has 0 fully saturated rings. The highest BCUT2D eigenvalue weighted by atomic mass is 16.6. The quantitative estimate of drug-likeness (QED) is 0.337. The first-order chi connectivity index (χ1) is 18.5. The maximum absolute atomic E-state index is 11.3. The van der Waals surface area contributed by atoms with Crippen LogP contribution in [0.2, 0.25) is 0 Å². The molecule has 2 aromatic carbocycles. The largest absolute Gasteiger partial charge is 0.481 e. The standard InChI is InChI=1S/C32H30N2O4/c1-4-16-37-25-14-15-28-27(18-25)30(24-12-10-23(11-13-24)21(2)3)34-32(33-28)31(35)29-20-36-19-26(38-29)17-22-8-6-5-7-9-22/h1,5-6,8,10-15,18-21,31,35H,7,9,16-17H2,2-3H3. The zero-order valence-corrected chi connectivity index (χ0v) is 21.6. The number of hydrogen-bond acceptors (Lipinski definition) is 6. The summed E-state index contributed by atoms with van der Waals surface area (Å²) in [6, 6.07) is 13.8. The molecule has 6 nitrogen and oxygen atoms in total. The van der Waals surface area contributed by atoms with Gasteiger partial charge in [-0.2, -0.15) is 0 Å². The smallest absolute Gasteiger partial charge is 0.175 e. The predicted octanol–water partition coefficient (Wildman–Crippen LogP) is 6.86. The van der Waals surface area contributed by atoms with Crippen LogP contribution in [-0.2, 0) is 9.47 Å². The average Bonchev–Trinajstić information content (AvgIpc) is 2.95. The molecule has 1 unspecified atom stereocenters. The Morgan fingerprint density at radius 2 is 1.95 bits per heavy atom. The summed E-state index contributed by atoms with van der Waals surface area (Å²) in [6.45, 7) is 4.47. The molecule has 1 atom stereocenters. The highest BCUT2D eigenvalue weighted by molar-refractivity contribution is 5.93. The summed E-state index contributed by atoms with van der Waals surface area (Å²) in [5.74, 6) is 4.60. The fraction of sp³-hybridized carbons (Fsp3) is 0.250. The van der Waals surface area contributed by atoms with E-state index in [1.54, 1.807) is 12.3 Å². The SMILES string of the molecule is C#CCOc1ccc2nc(C(O)C3=COC=C(CC4=CC=CCC4)O3)nc(-c3ccc(C(C)C)cc3)c2c1. The zero-order valence-electron chi connectivity index (χ0n) is 21.6. The minimum absolute atomic E-state index is 0.163. The Labute approximate surface area is 223 Å². The third-order valence-corrected chi connectivity index (χ3v) is 6.51. The number of benzene rings is 2. The van der Waals surface area contributed by atoms with Gasteiger partial charge < -0.3 is 19.3 Å². The van der Waals surface area contributed by atoms with Gasteiger partial charge in [-0.1, -0.05) is 67.8 Å². The van der Waals surface area contributed by atoms with Gasteiger partial charge >= 0.3 is 0 Å². The van der Waals surface area contributed by atoms with Gasteiger partial charge in [0, 0.05) is 17.4 Å². The second-order valence-corrected chi connectivity index (χ2v) is 9.59. The minimum atomic E-state index is -1.21. The van der Waals surface area contributed by atoms with Crippen LogP contribution in [-0.4, -0.2) is 21.7 Å². The number of aliphatic hydroxyl groups is 1. The van der Waals surface area contributed by atoms with Crippen LogP contribution < -0.4 is 4.74 Å². The fourth-order valence-electron chi connectivity index (χ4n) is 4.43. The number of aliphatic hydroxyl groups excluding tert-OH is 1. The van der Waals surface area contributed by atoms with E-state index in [9.17, 15) is 5.11 Å². The van der Waals surface area contributed by atoms with Gasteiger partial charge in [0.2, 0.25) is 0 Å². The van der Waals surface area contributed by atoms with Gasteiger partial charge in [0.25, 0.3) is 0 Å². The van der Waals surface area contributed by atoms with Crippen molar-refractivity contribution in [3.63, 3.8) is 0 Å². The average molecular weight is 507 g/mol. The molecule has 0 bridgehead atoms. The molecule has 2 aliphatic rings. The van der Waals surface area contributed by atoms with Crippen LogP contribution in [0.15, 0.2) is 90.3 Å². The first-order valence-electron chi connectivity index (χ1n) is 12.7. The number of ether oxygens (including phenoxy) is 3. The Bertz CT molecular complexity index is 1490. The number of fused-ring (bicyclic) bond motifs is 1. The van der Waals surface area contributed by atoms with Crippen LogP contribution in [0.5, 0.6) is 5.75 Å². The second kappa shape index (κ2) is 11.4.